The van der Waals surface area contributed by atoms with Gasteiger partial charge in [0.25, 0.3) is 0 Å². The summed E-state index contributed by atoms with van der Waals surface area (Å²) in [4.78, 5) is 13.8. The maximum Gasteiger partial charge on any atom is 0.217 e. The number of carbonyl (C=O) groups is 1. The molecule has 1 unspecified atom stereocenters. The maximum absolute atomic E-state index is 11.4. The largest absolute Gasteiger partial charge is 0.369 e. The van der Waals surface area contributed by atoms with Crippen LogP contribution in [0.15, 0.2) is 72.9 Å². The van der Waals surface area contributed by atoms with Crippen molar-refractivity contribution in [2.24, 2.45) is 17.8 Å². The van der Waals surface area contributed by atoms with Crippen LogP contribution in [0, 0.1) is 17.8 Å². The SMILES string of the molecule is C.C=CC[C@H]1CC(C)=C[C@@H](OC(C)C)[C@@H]1NC(C)=O.C=CC[C@H]1CC(C)=C[C@@H]2N[C@H]12.C=CC[C@H]1CC(C)=C[C@H]2[C@@H]1N2C.N. The average Bonchev–Trinajstić information content (AvgIpc) is 3.78. The Balaban J connectivity index is 0.000000326. The Labute approximate surface area is 264 Å². The van der Waals surface area contributed by atoms with Crippen molar-refractivity contribution in [3.8, 4) is 0 Å². The van der Waals surface area contributed by atoms with Gasteiger partial charge < -0.3 is 21.5 Å². The van der Waals surface area contributed by atoms with E-state index < -0.39 is 0 Å². The summed E-state index contributed by atoms with van der Waals surface area (Å²) in [6.07, 6.45) is 19.8. The van der Waals surface area contributed by atoms with Crippen molar-refractivity contribution in [3.05, 3.63) is 72.9 Å². The summed E-state index contributed by atoms with van der Waals surface area (Å²) in [5.41, 5.74) is 4.43. The zero-order valence-electron chi connectivity index (χ0n) is 27.6. The van der Waals surface area contributed by atoms with Crippen LogP contribution in [0.1, 0.15) is 87.5 Å². The van der Waals surface area contributed by atoms with Crippen LogP contribution < -0.4 is 16.8 Å². The lowest BCUT2D eigenvalue weighted by Gasteiger charge is -2.37. The average molecular weight is 597 g/mol. The fourth-order valence-electron chi connectivity index (χ4n) is 7.23. The lowest BCUT2D eigenvalue weighted by molar-refractivity contribution is -0.121. The van der Waals surface area contributed by atoms with Crippen molar-refractivity contribution < 1.29 is 9.53 Å². The number of fused-ring (bicyclic) bond motifs is 2. The van der Waals surface area contributed by atoms with Gasteiger partial charge >= 0.3 is 0 Å². The quantitative estimate of drug-likeness (QED) is 0.187. The van der Waals surface area contributed by atoms with E-state index in [9.17, 15) is 4.79 Å². The van der Waals surface area contributed by atoms with E-state index >= 15 is 0 Å². The Morgan fingerprint density at radius 3 is 2.05 bits per heavy atom. The molecule has 6 nitrogen and oxygen atoms in total. The van der Waals surface area contributed by atoms with Crippen molar-refractivity contribution in [1.29, 1.82) is 0 Å². The molecule has 2 saturated heterocycles. The Morgan fingerprint density at radius 1 is 0.953 bits per heavy atom. The van der Waals surface area contributed by atoms with Gasteiger partial charge in [0.2, 0.25) is 5.91 Å². The van der Waals surface area contributed by atoms with Crippen molar-refractivity contribution in [3.63, 3.8) is 0 Å². The van der Waals surface area contributed by atoms with Crippen LogP contribution in [0.2, 0.25) is 0 Å². The first-order valence-electron chi connectivity index (χ1n) is 15.7. The first-order chi connectivity index (χ1) is 19.5. The second-order valence-corrected chi connectivity index (χ2v) is 13.2. The van der Waals surface area contributed by atoms with E-state index in [0.717, 1.165) is 42.8 Å². The highest BCUT2D eigenvalue weighted by Gasteiger charge is 2.49. The first kappa shape index (κ1) is 38.8. The third kappa shape index (κ3) is 11.3. The Morgan fingerprint density at radius 2 is 1.47 bits per heavy atom. The predicted molar refractivity (Wildman–Crippen MR) is 185 cm³/mol. The summed E-state index contributed by atoms with van der Waals surface area (Å²) in [6.45, 7) is 23.6. The summed E-state index contributed by atoms with van der Waals surface area (Å²) in [5, 5.41) is 6.51. The fraction of sp³-hybridized carbons (Fsp3) is 0.649. The topological polar surface area (TPSA) is 98.3 Å². The van der Waals surface area contributed by atoms with Crippen LogP contribution in [0.4, 0.5) is 0 Å². The van der Waals surface area contributed by atoms with E-state index in [1.165, 1.54) is 31.3 Å². The third-order valence-electron chi connectivity index (χ3n) is 9.04. The molecule has 3 aliphatic carbocycles. The number of allylic oxidation sites excluding steroid dienone is 6. The molecule has 6 heteroatoms. The Hall–Kier alpha value is -2.25. The molecule has 0 saturated carbocycles. The molecule has 10 atom stereocenters. The molecule has 0 spiro atoms. The maximum atomic E-state index is 11.4. The van der Waals surface area contributed by atoms with Gasteiger partial charge in [0.05, 0.1) is 18.2 Å². The molecule has 5 aliphatic rings. The lowest BCUT2D eigenvalue weighted by atomic mass is 9.81. The number of rotatable bonds is 9. The van der Waals surface area contributed by atoms with Gasteiger partial charge in [0.15, 0.2) is 0 Å². The van der Waals surface area contributed by atoms with E-state index in [-0.39, 0.29) is 37.7 Å². The molecule has 0 bridgehead atoms. The van der Waals surface area contributed by atoms with Crippen LogP contribution in [-0.2, 0) is 9.53 Å². The lowest BCUT2D eigenvalue weighted by Crippen LogP contribution is -2.50. The summed E-state index contributed by atoms with van der Waals surface area (Å²) in [5.74, 6) is 2.03. The standard InChI is InChI=1S/C15H25NO2.C11H17N.C10H15N.CH4.H3N/c1-6-7-13-8-11(4)9-14(18-10(2)3)15(13)16-12(5)17;1-4-5-9-6-8(2)7-10-11(9)12(10)3;1-3-4-8-5-7(2)6-9-10(8)11-9;;/h6,9-10,13-15H,1,7-8H2,2-5H3,(H,16,17);4,7,9-11H,1,5-6H2,2-3H3;3,6,8-11H,1,4-5H2,2H3;1H4;1H3/t13-,14+,15+;9-,10-,11+,12?;8-,9-,10+;;/m000../s1. The Kier molecular flexibility index (Phi) is 16.1. The molecule has 2 fully saturated rings. The van der Waals surface area contributed by atoms with Gasteiger partial charge in [0.1, 0.15) is 0 Å². The number of likely N-dealkylation sites (N-methyl/N-ethyl adjacent to an activating group) is 1. The van der Waals surface area contributed by atoms with Crippen molar-refractivity contribution in [2.45, 2.75) is 130 Å². The van der Waals surface area contributed by atoms with E-state index in [2.05, 4.69) is 87.4 Å². The summed E-state index contributed by atoms with van der Waals surface area (Å²) >= 11 is 0. The molecule has 1 amide bonds. The van der Waals surface area contributed by atoms with E-state index in [1.807, 2.05) is 26.0 Å². The van der Waals surface area contributed by atoms with Crippen LogP contribution >= 0.6 is 0 Å². The molecule has 0 aromatic carbocycles. The van der Waals surface area contributed by atoms with Gasteiger partial charge in [-0.25, -0.2) is 0 Å². The highest BCUT2D eigenvalue weighted by Crippen LogP contribution is 2.42. The molecule has 0 radical (unpaired) electrons. The zero-order valence-corrected chi connectivity index (χ0v) is 27.6. The number of hydrogen-bond donors (Lipinski definition) is 3. The van der Waals surface area contributed by atoms with Crippen LogP contribution in [0.3, 0.4) is 0 Å². The van der Waals surface area contributed by atoms with Crippen molar-refractivity contribution in [2.75, 3.05) is 7.05 Å². The minimum Gasteiger partial charge on any atom is -0.369 e. The zero-order chi connectivity index (χ0) is 30.3. The first-order valence-corrected chi connectivity index (χ1v) is 15.7. The van der Waals surface area contributed by atoms with Crippen LogP contribution in [-0.4, -0.2) is 60.3 Å². The number of hydrogen-bond acceptors (Lipinski definition) is 5. The van der Waals surface area contributed by atoms with Gasteiger partial charge in [-0.2, -0.15) is 0 Å². The van der Waals surface area contributed by atoms with Gasteiger partial charge in [-0.15, -0.1) is 19.7 Å². The summed E-state index contributed by atoms with van der Waals surface area (Å²) in [6, 6.07) is 3.10. The second-order valence-electron chi connectivity index (χ2n) is 13.2. The molecule has 2 heterocycles. The van der Waals surface area contributed by atoms with Crippen molar-refractivity contribution in [1.82, 2.24) is 21.7 Å². The van der Waals surface area contributed by atoms with Gasteiger partial charge in [-0.05, 0) is 97.9 Å². The van der Waals surface area contributed by atoms with E-state index in [1.54, 1.807) is 18.1 Å². The van der Waals surface area contributed by atoms with E-state index in [4.69, 9.17) is 4.74 Å². The molecular formula is C37H64N4O2. The molecular weight excluding hydrogens is 532 g/mol. The smallest absolute Gasteiger partial charge is 0.217 e. The van der Waals surface area contributed by atoms with Crippen molar-refractivity contribution >= 4 is 5.91 Å². The predicted octanol–water partition coefficient (Wildman–Crippen LogP) is 7.71. The van der Waals surface area contributed by atoms with Gasteiger partial charge in [-0.3, -0.25) is 9.69 Å². The van der Waals surface area contributed by atoms with Crippen LogP contribution in [0.5, 0.6) is 0 Å². The molecule has 5 rings (SSSR count). The number of ether oxygens (including phenoxy) is 1. The molecule has 5 N–H and O–H groups in total. The monoisotopic (exact) mass is 597 g/mol. The number of nitrogens with zero attached hydrogens (tertiary/aromatic N) is 1. The fourth-order valence-corrected chi connectivity index (χ4v) is 7.23. The number of amides is 1. The highest BCUT2D eigenvalue weighted by atomic mass is 16.5. The molecule has 244 valence electrons. The summed E-state index contributed by atoms with van der Waals surface area (Å²) in [7, 11) is 2.22. The summed E-state index contributed by atoms with van der Waals surface area (Å²) < 4.78 is 5.93. The minimum atomic E-state index is -0.0346. The van der Waals surface area contributed by atoms with E-state index in [0.29, 0.717) is 12.0 Å². The number of carbonyl (C=O) groups excluding carboxylic acids is 1. The third-order valence-corrected chi connectivity index (χ3v) is 9.04. The highest BCUT2D eigenvalue weighted by molar-refractivity contribution is 5.73. The molecule has 0 aromatic heterocycles. The Bertz CT molecular complexity index is 1030. The second kappa shape index (κ2) is 17.9. The molecule has 43 heavy (non-hydrogen) atoms. The number of nitrogens with one attached hydrogen (secondary N) is 2. The normalized spacial score (nSPS) is 34.6. The minimum absolute atomic E-state index is 0. The molecule has 2 aliphatic heterocycles. The molecule has 0 aromatic rings. The van der Waals surface area contributed by atoms with Gasteiger partial charge in [-0.1, -0.05) is 60.6 Å². The van der Waals surface area contributed by atoms with Crippen LogP contribution in [0.25, 0.3) is 0 Å². The van der Waals surface area contributed by atoms with Gasteiger partial charge in [0, 0.05) is 31.1 Å².